The Morgan fingerprint density at radius 3 is 2.33 bits per heavy atom. The molecule has 0 saturated heterocycles. The number of rotatable bonds is 2. The van der Waals surface area contributed by atoms with E-state index in [-0.39, 0.29) is 12.1 Å². The zero-order valence-corrected chi connectivity index (χ0v) is 16.0. The van der Waals surface area contributed by atoms with Crippen molar-refractivity contribution in [2.45, 2.75) is 18.5 Å². The van der Waals surface area contributed by atoms with Gasteiger partial charge < -0.3 is 9.88 Å². The van der Waals surface area contributed by atoms with Crippen LogP contribution in [0, 0.1) is 0 Å². The number of benzene rings is 3. The third-order valence-electron chi connectivity index (χ3n) is 5.20. The molecular weight excluding hydrogens is 377 g/mol. The number of anilines is 1. The molecule has 0 aliphatic carbocycles. The molecule has 1 aliphatic rings. The van der Waals surface area contributed by atoms with Crippen LogP contribution in [0.2, 0.25) is 10.0 Å². The summed E-state index contributed by atoms with van der Waals surface area (Å²) in [4.78, 5) is 4.83. The van der Waals surface area contributed by atoms with Crippen molar-refractivity contribution in [3.63, 3.8) is 0 Å². The van der Waals surface area contributed by atoms with Crippen molar-refractivity contribution in [2.75, 3.05) is 5.32 Å². The Balaban J connectivity index is 1.73. The fraction of sp³-hybridized carbons (Fsp3) is 0.136. The molecule has 134 valence electrons. The van der Waals surface area contributed by atoms with Crippen molar-refractivity contribution < 1.29 is 0 Å². The van der Waals surface area contributed by atoms with Crippen LogP contribution in [0.4, 0.5) is 5.95 Å². The van der Waals surface area contributed by atoms with Crippen LogP contribution in [0.1, 0.15) is 29.6 Å². The van der Waals surface area contributed by atoms with E-state index < -0.39 is 0 Å². The first-order valence-corrected chi connectivity index (χ1v) is 9.70. The Bertz CT molecular complexity index is 1100. The van der Waals surface area contributed by atoms with Crippen LogP contribution in [0.5, 0.6) is 0 Å². The maximum atomic E-state index is 6.60. The summed E-state index contributed by atoms with van der Waals surface area (Å²) in [6.07, 6.45) is 0.834. The molecule has 1 N–H and O–H groups in total. The minimum Gasteiger partial charge on any atom is -0.349 e. The average molecular weight is 394 g/mol. The number of fused-ring (bicyclic) bond motifs is 3. The van der Waals surface area contributed by atoms with Crippen LogP contribution < -0.4 is 5.32 Å². The monoisotopic (exact) mass is 393 g/mol. The molecule has 5 heteroatoms. The molecule has 3 nitrogen and oxygen atoms in total. The molecule has 4 aromatic rings. The Morgan fingerprint density at radius 1 is 0.852 bits per heavy atom. The van der Waals surface area contributed by atoms with Crippen molar-refractivity contribution in [3.8, 4) is 0 Å². The van der Waals surface area contributed by atoms with Crippen LogP contribution in [0.25, 0.3) is 11.0 Å². The van der Waals surface area contributed by atoms with Gasteiger partial charge in [0.05, 0.1) is 23.1 Å². The van der Waals surface area contributed by atoms with E-state index in [1.165, 1.54) is 5.56 Å². The molecule has 1 aromatic heterocycles. The van der Waals surface area contributed by atoms with Gasteiger partial charge in [0.2, 0.25) is 5.95 Å². The molecule has 27 heavy (non-hydrogen) atoms. The Kier molecular flexibility index (Phi) is 4.07. The summed E-state index contributed by atoms with van der Waals surface area (Å²) in [6, 6.07) is 24.4. The third-order valence-corrected chi connectivity index (χ3v) is 5.86. The highest BCUT2D eigenvalue weighted by molar-refractivity contribution is 6.36. The van der Waals surface area contributed by atoms with E-state index >= 15 is 0 Å². The minimum absolute atomic E-state index is 0.0000520. The van der Waals surface area contributed by atoms with E-state index in [0.29, 0.717) is 10.0 Å². The summed E-state index contributed by atoms with van der Waals surface area (Å²) in [7, 11) is 0. The lowest BCUT2D eigenvalue weighted by molar-refractivity contribution is 0.478. The topological polar surface area (TPSA) is 29.9 Å². The molecule has 1 aliphatic heterocycles. The zero-order chi connectivity index (χ0) is 18.4. The van der Waals surface area contributed by atoms with Crippen molar-refractivity contribution in [3.05, 3.63) is 94.0 Å². The van der Waals surface area contributed by atoms with E-state index in [2.05, 4.69) is 40.2 Å². The van der Waals surface area contributed by atoms with Gasteiger partial charge in [-0.25, -0.2) is 4.98 Å². The van der Waals surface area contributed by atoms with Gasteiger partial charge in [0, 0.05) is 15.6 Å². The molecular formula is C22H17Cl2N3. The Hall–Kier alpha value is -2.49. The maximum absolute atomic E-state index is 6.60. The Labute approximate surface area is 167 Å². The molecule has 0 saturated carbocycles. The molecule has 2 atom stereocenters. The van der Waals surface area contributed by atoms with Crippen LogP contribution >= 0.6 is 23.2 Å². The van der Waals surface area contributed by atoms with Crippen LogP contribution in [-0.2, 0) is 0 Å². The number of hydrogen-bond donors (Lipinski definition) is 1. The molecule has 0 amide bonds. The number of hydrogen-bond acceptors (Lipinski definition) is 2. The van der Waals surface area contributed by atoms with E-state index in [1.807, 2.05) is 42.5 Å². The summed E-state index contributed by atoms with van der Waals surface area (Å²) in [5.74, 6) is 0.845. The van der Waals surface area contributed by atoms with Gasteiger partial charge in [-0.1, -0.05) is 71.7 Å². The molecule has 0 bridgehead atoms. The highest BCUT2D eigenvalue weighted by Crippen LogP contribution is 2.44. The van der Waals surface area contributed by atoms with Crippen molar-refractivity contribution in [1.29, 1.82) is 0 Å². The summed E-state index contributed by atoms with van der Waals surface area (Å²) in [5.41, 5.74) is 4.21. The average Bonchev–Trinajstić information content (AvgIpc) is 3.07. The lowest BCUT2D eigenvalue weighted by Crippen LogP contribution is -2.27. The van der Waals surface area contributed by atoms with Crippen molar-refractivity contribution in [1.82, 2.24) is 9.55 Å². The second-order valence-corrected chi connectivity index (χ2v) is 7.60. The van der Waals surface area contributed by atoms with E-state index in [1.54, 1.807) is 0 Å². The van der Waals surface area contributed by atoms with Gasteiger partial charge in [0.1, 0.15) is 0 Å². The SMILES string of the molecule is Clc1cccc(Cl)c1[C@H]1C[C@H](c2ccccc2)Nc2nc3ccccc3n21. The first kappa shape index (κ1) is 16.7. The molecule has 0 radical (unpaired) electrons. The van der Waals surface area contributed by atoms with E-state index in [9.17, 15) is 0 Å². The second kappa shape index (κ2) is 6.59. The number of nitrogens with one attached hydrogen (secondary N) is 1. The van der Waals surface area contributed by atoms with Crippen LogP contribution in [-0.4, -0.2) is 9.55 Å². The molecule has 0 spiro atoms. The predicted octanol–water partition coefficient (Wildman–Crippen LogP) is 6.49. The smallest absolute Gasteiger partial charge is 0.204 e. The van der Waals surface area contributed by atoms with Gasteiger partial charge in [0.15, 0.2) is 0 Å². The van der Waals surface area contributed by atoms with Gasteiger partial charge in [0.25, 0.3) is 0 Å². The van der Waals surface area contributed by atoms with Gasteiger partial charge >= 0.3 is 0 Å². The minimum atomic E-state index is 0.0000520. The van der Waals surface area contributed by atoms with Crippen molar-refractivity contribution >= 4 is 40.2 Å². The quantitative estimate of drug-likeness (QED) is 0.421. The maximum Gasteiger partial charge on any atom is 0.204 e. The van der Waals surface area contributed by atoms with E-state index in [4.69, 9.17) is 28.2 Å². The summed E-state index contributed by atoms with van der Waals surface area (Å²) < 4.78 is 2.22. The highest BCUT2D eigenvalue weighted by Gasteiger charge is 2.33. The fourth-order valence-corrected chi connectivity index (χ4v) is 4.64. The predicted molar refractivity (Wildman–Crippen MR) is 112 cm³/mol. The molecule has 5 rings (SSSR count). The normalized spacial score (nSPS) is 18.9. The summed E-state index contributed by atoms with van der Waals surface area (Å²) in [6.45, 7) is 0. The van der Waals surface area contributed by atoms with Crippen molar-refractivity contribution in [2.24, 2.45) is 0 Å². The first-order chi connectivity index (χ1) is 13.2. The number of halogens is 2. The molecule has 0 unspecified atom stereocenters. The van der Waals surface area contributed by atoms with Crippen LogP contribution in [0.3, 0.4) is 0 Å². The Morgan fingerprint density at radius 2 is 1.56 bits per heavy atom. The third kappa shape index (κ3) is 2.78. The number of aromatic nitrogens is 2. The standard InChI is InChI=1S/C22H17Cl2N3/c23-15-9-6-10-16(24)21(15)20-13-18(14-7-2-1-3-8-14)26-22-25-17-11-4-5-12-19(17)27(20)22/h1-12,18,20H,13H2,(H,25,26)/t18-,20-/m1/s1. The summed E-state index contributed by atoms with van der Waals surface area (Å²) >= 11 is 13.2. The van der Waals surface area contributed by atoms with E-state index in [0.717, 1.165) is 29.0 Å². The zero-order valence-electron chi connectivity index (χ0n) is 14.4. The fourth-order valence-electron chi connectivity index (χ4n) is 3.99. The first-order valence-electron chi connectivity index (χ1n) is 8.95. The number of imidazole rings is 1. The second-order valence-electron chi connectivity index (χ2n) is 6.79. The lowest BCUT2D eigenvalue weighted by Gasteiger charge is -2.34. The van der Waals surface area contributed by atoms with Crippen LogP contribution in [0.15, 0.2) is 72.8 Å². The summed E-state index contributed by atoms with van der Waals surface area (Å²) in [5, 5.41) is 4.98. The number of para-hydroxylation sites is 2. The van der Waals surface area contributed by atoms with Gasteiger partial charge in [-0.05, 0) is 36.2 Å². The molecule has 2 heterocycles. The van der Waals surface area contributed by atoms with Gasteiger partial charge in [-0.3, -0.25) is 0 Å². The largest absolute Gasteiger partial charge is 0.349 e. The highest BCUT2D eigenvalue weighted by atomic mass is 35.5. The van der Waals surface area contributed by atoms with Gasteiger partial charge in [-0.15, -0.1) is 0 Å². The number of nitrogens with zero attached hydrogens (tertiary/aromatic N) is 2. The molecule has 0 fully saturated rings. The van der Waals surface area contributed by atoms with Gasteiger partial charge in [-0.2, -0.15) is 0 Å². The molecule has 3 aromatic carbocycles. The lowest BCUT2D eigenvalue weighted by atomic mass is 9.92.